The van der Waals surface area contributed by atoms with E-state index in [4.69, 9.17) is 4.74 Å². The van der Waals surface area contributed by atoms with Gasteiger partial charge in [0.25, 0.3) is 0 Å². The molecule has 1 fully saturated rings. The van der Waals surface area contributed by atoms with Crippen molar-refractivity contribution in [1.82, 2.24) is 10.2 Å². The molecule has 0 amide bonds. The summed E-state index contributed by atoms with van der Waals surface area (Å²) in [6.07, 6.45) is 5.09. The first-order valence-electron chi connectivity index (χ1n) is 8.67. The second-order valence-corrected chi connectivity index (χ2v) is 6.72. The molecular weight excluding hydrogens is 248 g/mol. The summed E-state index contributed by atoms with van der Waals surface area (Å²) in [5.74, 6) is 1.61. The Kier molecular flexibility index (Phi) is 9.49. The lowest BCUT2D eigenvalue weighted by molar-refractivity contribution is 0.0792. The maximum Gasteiger partial charge on any atom is 0.0593 e. The summed E-state index contributed by atoms with van der Waals surface area (Å²) < 4.78 is 5.72. The average molecular weight is 284 g/mol. The molecule has 0 saturated carbocycles. The zero-order chi connectivity index (χ0) is 14.8. The maximum atomic E-state index is 5.72. The fraction of sp³-hybridized carbons (Fsp3) is 1.00. The van der Waals surface area contributed by atoms with Gasteiger partial charge in [0, 0.05) is 19.2 Å². The lowest BCUT2D eigenvalue weighted by Crippen LogP contribution is -2.43. The van der Waals surface area contributed by atoms with E-state index in [1.165, 1.54) is 38.8 Å². The number of ether oxygens (including phenoxy) is 1. The summed E-state index contributed by atoms with van der Waals surface area (Å²) in [7, 11) is 0. The molecule has 0 aromatic carbocycles. The lowest BCUT2D eigenvalue weighted by atomic mass is 9.90. The van der Waals surface area contributed by atoms with Gasteiger partial charge in [-0.15, -0.1) is 0 Å². The smallest absolute Gasteiger partial charge is 0.0593 e. The van der Waals surface area contributed by atoms with Gasteiger partial charge in [-0.2, -0.15) is 0 Å². The van der Waals surface area contributed by atoms with E-state index in [9.17, 15) is 0 Å². The zero-order valence-electron chi connectivity index (χ0n) is 14.2. The highest BCUT2D eigenvalue weighted by Gasteiger charge is 2.23. The van der Waals surface area contributed by atoms with Crippen molar-refractivity contribution in [2.75, 3.05) is 39.4 Å². The number of rotatable bonds is 10. The molecule has 3 nitrogen and oxygen atoms in total. The van der Waals surface area contributed by atoms with Crippen LogP contribution in [0.5, 0.6) is 0 Å². The third kappa shape index (κ3) is 7.61. The van der Waals surface area contributed by atoms with E-state index >= 15 is 0 Å². The Bertz CT molecular complexity index is 225. The van der Waals surface area contributed by atoms with Crippen molar-refractivity contribution in [2.24, 2.45) is 11.8 Å². The van der Waals surface area contributed by atoms with Crippen LogP contribution in [-0.4, -0.2) is 50.3 Å². The molecule has 1 aliphatic rings. The second-order valence-electron chi connectivity index (χ2n) is 6.72. The predicted molar refractivity (Wildman–Crippen MR) is 87.2 cm³/mol. The molecule has 1 atom stereocenters. The van der Waals surface area contributed by atoms with Gasteiger partial charge in [0.15, 0.2) is 0 Å². The molecule has 0 aliphatic carbocycles. The van der Waals surface area contributed by atoms with Crippen LogP contribution in [0.3, 0.4) is 0 Å². The largest absolute Gasteiger partial charge is 0.380 e. The van der Waals surface area contributed by atoms with E-state index < -0.39 is 0 Å². The van der Waals surface area contributed by atoms with E-state index in [0.717, 1.165) is 38.1 Å². The van der Waals surface area contributed by atoms with Crippen LogP contribution < -0.4 is 5.32 Å². The molecule has 3 heteroatoms. The number of nitrogens with zero attached hydrogens (tertiary/aromatic N) is 1. The van der Waals surface area contributed by atoms with Crippen LogP contribution in [0.2, 0.25) is 0 Å². The molecule has 1 saturated heterocycles. The highest BCUT2D eigenvalue weighted by molar-refractivity contribution is 4.79. The van der Waals surface area contributed by atoms with Gasteiger partial charge in [-0.3, -0.25) is 0 Å². The molecule has 1 heterocycles. The highest BCUT2D eigenvalue weighted by Crippen LogP contribution is 2.20. The summed E-state index contributed by atoms with van der Waals surface area (Å²) >= 11 is 0. The van der Waals surface area contributed by atoms with Crippen LogP contribution in [0.15, 0.2) is 0 Å². The van der Waals surface area contributed by atoms with Gasteiger partial charge in [0.1, 0.15) is 0 Å². The molecule has 0 radical (unpaired) electrons. The van der Waals surface area contributed by atoms with Crippen LogP contribution >= 0.6 is 0 Å². The van der Waals surface area contributed by atoms with Crippen LogP contribution in [0, 0.1) is 11.8 Å². The highest BCUT2D eigenvalue weighted by atomic mass is 16.5. The normalized spacial score (nSPS) is 19.6. The third-order valence-corrected chi connectivity index (χ3v) is 4.45. The van der Waals surface area contributed by atoms with Gasteiger partial charge in [0.2, 0.25) is 0 Å². The van der Waals surface area contributed by atoms with Crippen molar-refractivity contribution in [3.8, 4) is 0 Å². The van der Waals surface area contributed by atoms with Gasteiger partial charge in [-0.1, -0.05) is 20.8 Å². The molecule has 120 valence electrons. The number of hydrogen-bond acceptors (Lipinski definition) is 3. The Balaban J connectivity index is 2.04. The first-order chi connectivity index (χ1) is 9.63. The summed E-state index contributed by atoms with van der Waals surface area (Å²) in [5, 5.41) is 3.64. The molecule has 1 rings (SSSR count). The van der Waals surface area contributed by atoms with Crippen molar-refractivity contribution in [1.29, 1.82) is 0 Å². The summed E-state index contributed by atoms with van der Waals surface area (Å²) in [4.78, 5) is 2.57. The quantitative estimate of drug-likeness (QED) is 0.624. The molecule has 1 N–H and O–H groups in total. The van der Waals surface area contributed by atoms with E-state index in [2.05, 4.69) is 37.9 Å². The Morgan fingerprint density at radius 1 is 1.15 bits per heavy atom. The summed E-state index contributed by atoms with van der Waals surface area (Å²) in [6.45, 7) is 15.7. The number of piperidine rings is 1. The minimum absolute atomic E-state index is 0.680. The van der Waals surface area contributed by atoms with E-state index in [1.807, 2.05) is 0 Å². The fourth-order valence-electron chi connectivity index (χ4n) is 2.83. The standard InChI is InChI=1S/C17H36N2O/c1-5-9-18-16(4)17-6-10-19(11-7-17)12-14-20-13-8-15(2)3/h15-18H,5-14H2,1-4H3. The van der Waals surface area contributed by atoms with Crippen LogP contribution in [-0.2, 0) is 4.74 Å². The Morgan fingerprint density at radius 3 is 2.45 bits per heavy atom. The van der Waals surface area contributed by atoms with Crippen LogP contribution in [0.1, 0.15) is 53.4 Å². The van der Waals surface area contributed by atoms with Crippen molar-refractivity contribution < 1.29 is 4.74 Å². The van der Waals surface area contributed by atoms with Crippen molar-refractivity contribution in [3.05, 3.63) is 0 Å². The molecular formula is C17H36N2O. The maximum absolute atomic E-state index is 5.72. The van der Waals surface area contributed by atoms with Gasteiger partial charge < -0.3 is 15.0 Å². The first-order valence-corrected chi connectivity index (χ1v) is 8.67. The lowest BCUT2D eigenvalue weighted by Gasteiger charge is -2.35. The monoisotopic (exact) mass is 284 g/mol. The molecule has 0 bridgehead atoms. The number of nitrogens with one attached hydrogen (secondary N) is 1. The van der Waals surface area contributed by atoms with Crippen molar-refractivity contribution >= 4 is 0 Å². The minimum Gasteiger partial charge on any atom is -0.380 e. The molecule has 1 unspecified atom stereocenters. The van der Waals surface area contributed by atoms with Crippen LogP contribution in [0.25, 0.3) is 0 Å². The van der Waals surface area contributed by atoms with Gasteiger partial charge >= 0.3 is 0 Å². The Labute approximate surface area is 126 Å². The number of hydrogen-bond donors (Lipinski definition) is 1. The van der Waals surface area contributed by atoms with E-state index in [1.54, 1.807) is 0 Å². The van der Waals surface area contributed by atoms with E-state index in [-0.39, 0.29) is 0 Å². The zero-order valence-corrected chi connectivity index (χ0v) is 14.2. The Hall–Kier alpha value is -0.120. The number of likely N-dealkylation sites (tertiary alicyclic amines) is 1. The third-order valence-electron chi connectivity index (χ3n) is 4.45. The summed E-state index contributed by atoms with van der Waals surface area (Å²) in [6, 6.07) is 0.680. The van der Waals surface area contributed by atoms with Gasteiger partial charge in [-0.05, 0) is 64.1 Å². The van der Waals surface area contributed by atoms with Gasteiger partial charge in [-0.25, -0.2) is 0 Å². The fourth-order valence-corrected chi connectivity index (χ4v) is 2.83. The van der Waals surface area contributed by atoms with Gasteiger partial charge in [0.05, 0.1) is 6.61 Å². The van der Waals surface area contributed by atoms with E-state index in [0.29, 0.717) is 6.04 Å². The molecule has 0 spiro atoms. The van der Waals surface area contributed by atoms with Crippen molar-refractivity contribution in [3.63, 3.8) is 0 Å². The first kappa shape index (κ1) is 17.9. The van der Waals surface area contributed by atoms with Crippen LogP contribution in [0.4, 0.5) is 0 Å². The molecule has 0 aromatic rings. The average Bonchev–Trinajstić information content (AvgIpc) is 2.44. The Morgan fingerprint density at radius 2 is 1.85 bits per heavy atom. The predicted octanol–water partition coefficient (Wildman–Crippen LogP) is 3.15. The SMILES string of the molecule is CCCNC(C)C1CCN(CCOCCC(C)C)CC1. The molecule has 1 aliphatic heterocycles. The topological polar surface area (TPSA) is 24.5 Å². The summed E-state index contributed by atoms with van der Waals surface area (Å²) in [5.41, 5.74) is 0. The second kappa shape index (κ2) is 10.6. The molecule has 0 aromatic heterocycles. The van der Waals surface area contributed by atoms with Crippen molar-refractivity contribution in [2.45, 2.75) is 59.4 Å². The molecule has 20 heavy (non-hydrogen) atoms. The minimum atomic E-state index is 0.680.